The number of carbonyl (C=O) groups excluding carboxylic acids is 3. The molecule has 1 aromatic rings. The van der Waals surface area contributed by atoms with Gasteiger partial charge in [-0.25, -0.2) is 0 Å². The summed E-state index contributed by atoms with van der Waals surface area (Å²) in [5, 5.41) is 0. The third-order valence-corrected chi connectivity index (χ3v) is 4.68. The number of ether oxygens (including phenoxy) is 2. The Morgan fingerprint density at radius 3 is 2.48 bits per heavy atom. The minimum absolute atomic E-state index is 0.0450. The molecule has 1 heterocycles. The average molecular weight is 363 g/mol. The van der Waals surface area contributed by atoms with Gasteiger partial charge >= 0.3 is 11.9 Å². The maximum Gasteiger partial charge on any atom is 0.325 e. The molecule has 0 aromatic heterocycles. The first kappa shape index (κ1) is 19.1. The van der Waals surface area contributed by atoms with Gasteiger partial charge in [-0.2, -0.15) is 0 Å². The van der Waals surface area contributed by atoms with E-state index in [0.29, 0.717) is 17.2 Å². The first-order valence-corrected chi connectivity index (χ1v) is 8.80. The average Bonchev–Trinajstić information content (AvgIpc) is 2.54. The quantitative estimate of drug-likeness (QED) is 0.464. The molecule has 134 valence electrons. The van der Waals surface area contributed by atoms with Crippen LogP contribution >= 0.6 is 11.8 Å². The van der Waals surface area contributed by atoms with Gasteiger partial charge in [0.05, 0.1) is 12.0 Å². The molecule has 6 nitrogen and oxygen atoms in total. The standard InChI is InChI=1S/C18H21NO5S/c1-11-7-14(8-12(2)17(11)24-13(3)20)9-15-18(22)19(5-6-25-15)10-16(21)23-4/h7-9H,5-6,10H2,1-4H3/b15-9+. The summed E-state index contributed by atoms with van der Waals surface area (Å²) >= 11 is 1.46. The molecular formula is C18H21NO5S. The summed E-state index contributed by atoms with van der Waals surface area (Å²) in [6.45, 7) is 5.54. The molecule has 7 heteroatoms. The summed E-state index contributed by atoms with van der Waals surface area (Å²) in [5.41, 5.74) is 2.49. The number of methoxy groups -OCH3 is 1. The van der Waals surface area contributed by atoms with Crippen LogP contribution < -0.4 is 4.74 Å². The van der Waals surface area contributed by atoms with Gasteiger partial charge in [0.1, 0.15) is 12.3 Å². The first-order valence-electron chi connectivity index (χ1n) is 7.82. The number of thioether (sulfide) groups is 1. The molecule has 1 aliphatic rings. The molecule has 2 rings (SSSR count). The number of rotatable bonds is 4. The number of carbonyl (C=O) groups is 3. The summed E-state index contributed by atoms with van der Waals surface area (Å²) in [4.78, 5) is 37.2. The molecule has 1 amide bonds. The lowest BCUT2D eigenvalue weighted by Crippen LogP contribution is -2.40. The van der Waals surface area contributed by atoms with E-state index in [1.165, 1.54) is 30.7 Å². The number of amides is 1. The molecule has 0 atom stereocenters. The van der Waals surface area contributed by atoms with Crippen molar-refractivity contribution in [2.45, 2.75) is 20.8 Å². The summed E-state index contributed by atoms with van der Waals surface area (Å²) in [6.07, 6.45) is 1.80. The van der Waals surface area contributed by atoms with Gasteiger partial charge in [-0.05, 0) is 48.7 Å². The highest BCUT2D eigenvalue weighted by Crippen LogP contribution is 2.30. The molecule has 1 fully saturated rings. The molecule has 1 aliphatic heterocycles. The highest BCUT2D eigenvalue weighted by molar-refractivity contribution is 8.04. The van der Waals surface area contributed by atoms with E-state index >= 15 is 0 Å². The molecule has 0 saturated carbocycles. The minimum atomic E-state index is -0.433. The Morgan fingerprint density at radius 1 is 1.28 bits per heavy atom. The largest absolute Gasteiger partial charge is 0.468 e. The Labute approximate surface area is 151 Å². The van der Waals surface area contributed by atoms with Crippen LogP contribution in [0.25, 0.3) is 6.08 Å². The van der Waals surface area contributed by atoms with Crippen LogP contribution in [-0.2, 0) is 19.1 Å². The Hall–Kier alpha value is -2.28. The third kappa shape index (κ3) is 4.85. The molecule has 1 saturated heterocycles. The Kier molecular flexibility index (Phi) is 6.25. The number of hydrogen-bond acceptors (Lipinski definition) is 6. The van der Waals surface area contributed by atoms with Crippen molar-refractivity contribution in [2.75, 3.05) is 26.0 Å². The maximum atomic E-state index is 12.5. The fourth-order valence-electron chi connectivity index (χ4n) is 2.58. The van der Waals surface area contributed by atoms with Crippen LogP contribution in [0.4, 0.5) is 0 Å². The highest BCUT2D eigenvalue weighted by Gasteiger charge is 2.26. The van der Waals surface area contributed by atoms with Crippen LogP contribution in [-0.4, -0.2) is 48.7 Å². The maximum absolute atomic E-state index is 12.5. The zero-order valence-electron chi connectivity index (χ0n) is 14.8. The number of esters is 2. The summed E-state index contributed by atoms with van der Waals surface area (Å²) in [7, 11) is 1.30. The Balaban J connectivity index is 2.25. The van der Waals surface area contributed by atoms with E-state index in [2.05, 4.69) is 4.74 Å². The second-order valence-electron chi connectivity index (χ2n) is 5.74. The van der Waals surface area contributed by atoms with Crippen molar-refractivity contribution in [1.29, 1.82) is 0 Å². The fourth-order valence-corrected chi connectivity index (χ4v) is 3.59. The van der Waals surface area contributed by atoms with Gasteiger partial charge < -0.3 is 14.4 Å². The molecule has 0 radical (unpaired) electrons. The summed E-state index contributed by atoms with van der Waals surface area (Å²) < 4.78 is 9.85. The molecule has 0 bridgehead atoms. The minimum Gasteiger partial charge on any atom is -0.468 e. The van der Waals surface area contributed by atoms with Gasteiger partial charge in [0.15, 0.2) is 0 Å². The van der Waals surface area contributed by atoms with Crippen molar-refractivity contribution in [2.24, 2.45) is 0 Å². The van der Waals surface area contributed by atoms with E-state index in [-0.39, 0.29) is 18.4 Å². The smallest absolute Gasteiger partial charge is 0.325 e. The normalized spacial score (nSPS) is 16.1. The van der Waals surface area contributed by atoms with Gasteiger partial charge in [-0.1, -0.05) is 0 Å². The van der Waals surface area contributed by atoms with E-state index in [0.717, 1.165) is 22.4 Å². The van der Waals surface area contributed by atoms with Crippen LogP contribution in [0.5, 0.6) is 5.75 Å². The molecule has 0 unspecified atom stereocenters. The van der Waals surface area contributed by atoms with Gasteiger partial charge in [0, 0.05) is 19.2 Å². The highest BCUT2D eigenvalue weighted by atomic mass is 32.2. The molecule has 0 aliphatic carbocycles. The van der Waals surface area contributed by atoms with Crippen molar-refractivity contribution < 1.29 is 23.9 Å². The lowest BCUT2D eigenvalue weighted by Gasteiger charge is -2.27. The molecule has 0 N–H and O–H groups in total. The first-order chi connectivity index (χ1) is 11.8. The van der Waals surface area contributed by atoms with Gasteiger partial charge in [-0.15, -0.1) is 11.8 Å². The molecular weight excluding hydrogens is 342 g/mol. The zero-order valence-corrected chi connectivity index (χ0v) is 15.6. The third-order valence-electron chi connectivity index (χ3n) is 3.69. The molecule has 25 heavy (non-hydrogen) atoms. The molecule has 0 spiro atoms. The van der Waals surface area contributed by atoms with Crippen LogP contribution in [0.2, 0.25) is 0 Å². The van der Waals surface area contributed by atoms with Crippen molar-refractivity contribution in [3.63, 3.8) is 0 Å². The second-order valence-corrected chi connectivity index (χ2v) is 6.87. The van der Waals surface area contributed by atoms with Crippen molar-refractivity contribution in [1.82, 2.24) is 4.90 Å². The van der Waals surface area contributed by atoms with Crippen LogP contribution in [0.1, 0.15) is 23.6 Å². The number of benzene rings is 1. The second kappa shape index (κ2) is 8.20. The number of nitrogens with zero attached hydrogens (tertiary/aromatic N) is 1. The fraction of sp³-hybridized carbons (Fsp3) is 0.389. The Morgan fingerprint density at radius 2 is 1.92 bits per heavy atom. The van der Waals surface area contributed by atoms with Crippen molar-refractivity contribution in [3.05, 3.63) is 33.7 Å². The zero-order chi connectivity index (χ0) is 18.6. The monoisotopic (exact) mass is 363 g/mol. The van der Waals surface area contributed by atoms with E-state index in [1.54, 1.807) is 6.08 Å². The van der Waals surface area contributed by atoms with Crippen molar-refractivity contribution in [3.8, 4) is 5.75 Å². The van der Waals surface area contributed by atoms with Crippen LogP contribution in [0.3, 0.4) is 0 Å². The predicted octanol–water partition coefficient (Wildman–Crippen LogP) is 2.32. The van der Waals surface area contributed by atoms with E-state index in [9.17, 15) is 14.4 Å². The lowest BCUT2D eigenvalue weighted by molar-refractivity contribution is -0.145. The van der Waals surface area contributed by atoms with E-state index in [4.69, 9.17) is 4.74 Å². The topological polar surface area (TPSA) is 72.9 Å². The number of hydrogen-bond donors (Lipinski definition) is 0. The van der Waals surface area contributed by atoms with Gasteiger partial charge in [0.2, 0.25) is 0 Å². The van der Waals surface area contributed by atoms with Crippen LogP contribution in [0.15, 0.2) is 17.0 Å². The summed E-state index contributed by atoms with van der Waals surface area (Å²) in [6, 6.07) is 3.73. The van der Waals surface area contributed by atoms with Gasteiger partial charge in [0.25, 0.3) is 5.91 Å². The Bertz CT molecular complexity index is 718. The molecule has 1 aromatic carbocycles. The number of aryl methyl sites for hydroxylation is 2. The summed E-state index contributed by atoms with van der Waals surface area (Å²) in [5.74, 6) is 0.286. The van der Waals surface area contributed by atoms with Crippen LogP contribution in [0, 0.1) is 13.8 Å². The predicted molar refractivity (Wildman–Crippen MR) is 96.3 cm³/mol. The van der Waals surface area contributed by atoms with E-state index in [1.807, 2.05) is 26.0 Å². The SMILES string of the molecule is COC(=O)CN1CCS/C(=C/c2cc(C)c(OC(C)=O)c(C)c2)C1=O. The van der Waals surface area contributed by atoms with E-state index < -0.39 is 5.97 Å². The lowest BCUT2D eigenvalue weighted by atomic mass is 10.0. The van der Waals surface area contributed by atoms with Crippen molar-refractivity contribution >= 4 is 35.7 Å². The van der Waals surface area contributed by atoms with Gasteiger partial charge in [-0.3, -0.25) is 14.4 Å².